The quantitative estimate of drug-likeness (QED) is 0.542. The molecule has 4 rings (SSSR count). The third-order valence-electron chi connectivity index (χ3n) is 4.24. The van der Waals surface area contributed by atoms with Gasteiger partial charge in [0.05, 0.1) is 19.9 Å². The molecule has 0 radical (unpaired) electrons. The second-order valence-electron chi connectivity index (χ2n) is 5.94. The normalized spacial score (nSPS) is 10.9. The minimum Gasteiger partial charge on any atom is -0.493 e. The fourth-order valence-corrected chi connectivity index (χ4v) is 2.91. The van der Waals surface area contributed by atoms with Crippen LogP contribution in [-0.2, 0) is 6.42 Å². The summed E-state index contributed by atoms with van der Waals surface area (Å²) in [6, 6.07) is 13.8. The molecule has 2 heterocycles. The summed E-state index contributed by atoms with van der Waals surface area (Å²) in [5, 5.41) is 4.58. The average molecular weight is 364 g/mol. The van der Waals surface area contributed by atoms with Crippen molar-refractivity contribution in [2.24, 2.45) is 0 Å². The van der Waals surface area contributed by atoms with Crippen molar-refractivity contribution in [2.45, 2.75) is 6.42 Å². The van der Waals surface area contributed by atoms with E-state index < -0.39 is 0 Å². The highest BCUT2D eigenvalue weighted by molar-refractivity contribution is 5.65. The molecule has 136 valence electrons. The lowest BCUT2D eigenvalue weighted by Gasteiger charge is -2.10. The highest BCUT2D eigenvalue weighted by atomic mass is 19.1. The van der Waals surface area contributed by atoms with E-state index in [2.05, 4.69) is 15.1 Å². The summed E-state index contributed by atoms with van der Waals surface area (Å²) >= 11 is 0. The minimum atomic E-state index is -0.265. The molecule has 27 heavy (non-hydrogen) atoms. The first-order valence-electron chi connectivity index (χ1n) is 8.35. The van der Waals surface area contributed by atoms with Gasteiger partial charge in [0.15, 0.2) is 17.3 Å². The molecule has 0 fully saturated rings. The van der Waals surface area contributed by atoms with Gasteiger partial charge in [0.2, 0.25) is 0 Å². The lowest BCUT2D eigenvalue weighted by atomic mass is 10.1. The molecule has 0 amide bonds. The Labute approximate surface area is 155 Å². The van der Waals surface area contributed by atoms with Crippen LogP contribution in [0.3, 0.4) is 0 Å². The molecule has 6 nitrogen and oxygen atoms in total. The molecule has 0 bridgehead atoms. The molecule has 0 saturated heterocycles. The van der Waals surface area contributed by atoms with E-state index in [-0.39, 0.29) is 5.82 Å². The van der Waals surface area contributed by atoms with Crippen molar-refractivity contribution >= 4 is 5.78 Å². The van der Waals surface area contributed by atoms with Crippen LogP contribution >= 0.6 is 0 Å². The van der Waals surface area contributed by atoms with Gasteiger partial charge < -0.3 is 9.47 Å². The van der Waals surface area contributed by atoms with Crippen molar-refractivity contribution in [2.75, 3.05) is 14.2 Å². The molecular weight excluding hydrogens is 347 g/mol. The number of halogens is 1. The second kappa shape index (κ2) is 7.03. The zero-order valence-electron chi connectivity index (χ0n) is 14.9. The predicted octanol–water partition coefficient (Wildman–Crippen LogP) is 3.54. The zero-order valence-corrected chi connectivity index (χ0v) is 14.9. The van der Waals surface area contributed by atoms with E-state index in [1.807, 2.05) is 24.3 Å². The Morgan fingerprint density at radius 2 is 1.74 bits per heavy atom. The Kier molecular flexibility index (Phi) is 4.42. The number of benzene rings is 2. The number of aromatic nitrogens is 4. The molecule has 0 spiro atoms. The third-order valence-corrected chi connectivity index (χ3v) is 4.24. The average Bonchev–Trinajstić information content (AvgIpc) is 3.11. The summed E-state index contributed by atoms with van der Waals surface area (Å²) in [4.78, 5) is 8.78. The Morgan fingerprint density at radius 1 is 0.963 bits per heavy atom. The van der Waals surface area contributed by atoms with Crippen LogP contribution in [-0.4, -0.2) is 33.8 Å². The molecule has 0 aliphatic carbocycles. The zero-order chi connectivity index (χ0) is 18.8. The summed E-state index contributed by atoms with van der Waals surface area (Å²) < 4.78 is 25.5. The van der Waals surface area contributed by atoms with E-state index in [1.54, 1.807) is 37.1 Å². The molecule has 0 atom stereocenters. The number of hydrogen-bond acceptors (Lipinski definition) is 5. The van der Waals surface area contributed by atoms with Crippen LogP contribution in [0.15, 0.2) is 54.7 Å². The summed E-state index contributed by atoms with van der Waals surface area (Å²) in [5.74, 6) is 2.13. The highest BCUT2D eigenvalue weighted by Crippen LogP contribution is 2.32. The van der Waals surface area contributed by atoms with Gasteiger partial charge in [-0.1, -0.05) is 12.1 Å². The molecule has 2 aromatic heterocycles. The van der Waals surface area contributed by atoms with Gasteiger partial charge in [0, 0.05) is 18.2 Å². The van der Waals surface area contributed by atoms with Gasteiger partial charge in [0.1, 0.15) is 5.82 Å². The molecule has 0 saturated carbocycles. The molecule has 0 unspecified atom stereocenters. The Bertz CT molecular complexity index is 1090. The van der Waals surface area contributed by atoms with E-state index in [0.717, 1.165) is 16.8 Å². The SMILES string of the molecule is COc1ccc(-c2ccnc3nc(Cc4ccc(F)cc4)nn23)cc1OC. The Hall–Kier alpha value is -3.48. The Morgan fingerprint density at radius 3 is 2.48 bits per heavy atom. The molecule has 4 aromatic rings. The Balaban J connectivity index is 1.74. The number of ether oxygens (including phenoxy) is 2. The summed E-state index contributed by atoms with van der Waals surface area (Å²) in [7, 11) is 3.20. The standard InChI is InChI=1S/C20H17FN4O2/c1-26-17-8-5-14(12-18(17)27-2)16-9-10-22-20-23-19(24-25(16)20)11-13-3-6-15(21)7-4-13/h3-10,12H,11H2,1-2H3. The first kappa shape index (κ1) is 17.0. The number of methoxy groups -OCH3 is 2. The van der Waals surface area contributed by atoms with Gasteiger partial charge in [-0.15, -0.1) is 5.10 Å². The van der Waals surface area contributed by atoms with Crippen LogP contribution in [0.25, 0.3) is 17.0 Å². The van der Waals surface area contributed by atoms with Gasteiger partial charge in [0.25, 0.3) is 5.78 Å². The van der Waals surface area contributed by atoms with Crippen LogP contribution in [0.1, 0.15) is 11.4 Å². The topological polar surface area (TPSA) is 61.5 Å². The van der Waals surface area contributed by atoms with E-state index in [1.165, 1.54) is 12.1 Å². The van der Waals surface area contributed by atoms with E-state index in [9.17, 15) is 4.39 Å². The maximum atomic E-state index is 13.1. The first-order valence-corrected chi connectivity index (χ1v) is 8.35. The van der Waals surface area contributed by atoms with Gasteiger partial charge in [-0.2, -0.15) is 9.50 Å². The van der Waals surface area contributed by atoms with Crippen molar-refractivity contribution in [3.63, 3.8) is 0 Å². The van der Waals surface area contributed by atoms with Gasteiger partial charge in [-0.3, -0.25) is 0 Å². The van der Waals surface area contributed by atoms with Gasteiger partial charge >= 0.3 is 0 Å². The van der Waals surface area contributed by atoms with Crippen molar-refractivity contribution in [1.29, 1.82) is 0 Å². The molecule has 0 aliphatic rings. The molecular formula is C20H17FN4O2. The van der Waals surface area contributed by atoms with Crippen LogP contribution in [0.4, 0.5) is 4.39 Å². The molecule has 7 heteroatoms. The number of rotatable bonds is 5. The summed E-state index contributed by atoms with van der Waals surface area (Å²) in [6.07, 6.45) is 2.19. The number of hydrogen-bond donors (Lipinski definition) is 0. The predicted molar refractivity (Wildman–Crippen MR) is 98.5 cm³/mol. The van der Waals surface area contributed by atoms with Crippen LogP contribution < -0.4 is 9.47 Å². The van der Waals surface area contributed by atoms with Gasteiger partial charge in [-0.05, 0) is 42.0 Å². The fraction of sp³-hybridized carbons (Fsp3) is 0.150. The van der Waals surface area contributed by atoms with Gasteiger partial charge in [-0.25, -0.2) is 9.37 Å². The van der Waals surface area contributed by atoms with E-state index >= 15 is 0 Å². The molecule has 0 aliphatic heterocycles. The molecule has 2 aromatic carbocycles. The summed E-state index contributed by atoms with van der Waals surface area (Å²) in [6.45, 7) is 0. The lowest BCUT2D eigenvalue weighted by Crippen LogP contribution is -1.98. The third kappa shape index (κ3) is 3.31. The summed E-state index contributed by atoms with van der Waals surface area (Å²) in [5.41, 5.74) is 2.66. The van der Waals surface area contributed by atoms with Crippen LogP contribution in [0.5, 0.6) is 11.5 Å². The smallest absolute Gasteiger partial charge is 0.252 e. The largest absolute Gasteiger partial charge is 0.493 e. The highest BCUT2D eigenvalue weighted by Gasteiger charge is 2.13. The fourth-order valence-electron chi connectivity index (χ4n) is 2.91. The monoisotopic (exact) mass is 364 g/mol. The van der Waals surface area contributed by atoms with E-state index in [0.29, 0.717) is 29.5 Å². The second-order valence-corrected chi connectivity index (χ2v) is 5.94. The number of fused-ring (bicyclic) bond motifs is 1. The maximum Gasteiger partial charge on any atom is 0.252 e. The number of nitrogens with zero attached hydrogens (tertiary/aromatic N) is 4. The van der Waals surface area contributed by atoms with Crippen molar-refractivity contribution in [1.82, 2.24) is 19.6 Å². The van der Waals surface area contributed by atoms with Crippen LogP contribution in [0, 0.1) is 5.82 Å². The van der Waals surface area contributed by atoms with Crippen molar-refractivity contribution in [3.8, 4) is 22.8 Å². The van der Waals surface area contributed by atoms with Crippen molar-refractivity contribution < 1.29 is 13.9 Å². The maximum absolute atomic E-state index is 13.1. The van der Waals surface area contributed by atoms with E-state index in [4.69, 9.17) is 9.47 Å². The van der Waals surface area contributed by atoms with Crippen LogP contribution in [0.2, 0.25) is 0 Å². The molecule has 0 N–H and O–H groups in total. The minimum absolute atomic E-state index is 0.265. The first-order chi connectivity index (χ1) is 13.2. The van der Waals surface area contributed by atoms with Crippen molar-refractivity contribution in [3.05, 3.63) is 71.9 Å². The lowest BCUT2D eigenvalue weighted by molar-refractivity contribution is 0.355.